The van der Waals surface area contributed by atoms with Crippen molar-refractivity contribution in [1.29, 1.82) is 0 Å². The van der Waals surface area contributed by atoms with Gasteiger partial charge in [-0.05, 0) is 42.2 Å². The van der Waals surface area contributed by atoms with Gasteiger partial charge in [-0.15, -0.1) is 6.58 Å². The Labute approximate surface area is 206 Å². The third-order valence-corrected chi connectivity index (χ3v) is 17.3. The number of aliphatic carboxylic acids is 1. The van der Waals surface area contributed by atoms with E-state index in [1.807, 2.05) is 33.8 Å². The van der Waals surface area contributed by atoms with Crippen LogP contribution in [0.15, 0.2) is 12.7 Å². The topological polar surface area (TPSA) is 72.8 Å². The number of hydrogen-bond acceptors (Lipinski definition) is 4. The van der Waals surface area contributed by atoms with Crippen molar-refractivity contribution in [3.63, 3.8) is 0 Å². The smallest absolute Gasteiger partial charge is 0.305 e. The first kappa shape index (κ1) is 32.2. The molecule has 0 aliphatic carbocycles. The van der Waals surface area contributed by atoms with E-state index in [0.717, 1.165) is 18.1 Å². The molecule has 0 fully saturated rings. The van der Waals surface area contributed by atoms with Gasteiger partial charge in [-0.3, -0.25) is 9.59 Å². The molecule has 5 nitrogen and oxygen atoms in total. The van der Waals surface area contributed by atoms with Crippen molar-refractivity contribution < 1.29 is 23.5 Å². The van der Waals surface area contributed by atoms with Gasteiger partial charge in [0.25, 0.3) is 0 Å². The zero-order valence-corrected chi connectivity index (χ0v) is 25.5. The molecular weight excluding hydrogens is 448 g/mol. The molecule has 1 unspecified atom stereocenters. The van der Waals surface area contributed by atoms with Crippen molar-refractivity contribution >= 4 is 28.4 Å². The molecule has 4 atom stereocenters. The number of carbonyl (C=O) groups excluding carboxylic acids is 1. The minimum absolute atomic E-state index is 0.00244. The van der Waals surface area contributed by atoms with Crippen LogP contribution in [-0.4, -0.2) is 45.7 Å². The molecule has 33 heavy (non-hydrogen) atoms. The van der Waals surface area contributed by atoms with E-state index in [1.165, 1.54) is 0 Å². The molecule has 0 radical (unpaired) electrons. The van der Waals surface area contributed by atoms with E-state index in [0.29, 0.717) is 0 Å². The van der Waals surface area contributed by atoms with Crippen LogP contribution in [0.5, 0.6) is 0 Å². The Kier molecular flexibility index (Phi) is 12.0. The maximum absolute atomic E-state index is 14.0. The van der Waals surface area contributed by atoms with Gasteiger partial charge in [0.15, 0.2) is 16.6 Å². The second-order valence-corrected chi connectivity index (χ2v) is 21.2. The summed E-state index contributed by atoms with van der Waals surface area (Å²) in [7, 11) is -4.26. The molecule has 0 bridgehead atoms. The van der Waals surface area contributed by atoms with Crippen LogP contribution in [0.4, 0.5) is 0 Å². The molecule has 0 heterocycles. The maximum Gasteiger partial charge on any atom is 0.305 e. The third-order valence-electron chi connectivity index (χ3n) is 8.16. The van der Waals surface area contributed by atoms with Crippen LogP contribution >= 0.6 is 0 Å². The predicted octanol–water partition coefficient (Wildman–Crippen LogP) is 7.30. The zero-order valence-electron chi connectivity index (χ0n) is 23.5. The van der Waals surface area contributed by atoms with E-state index in [9.17, 15) is 14.7 Å². The van der Waals surface area contributed by atoms with Crippen molar-refractivity contribution in [3.05, 3.63) is 12.7 Å². The van der Waals surface area contributed by atoms with Crippen LogP contribution in [0, 0.1) is 17.3 Å². The Morgan fingerprint density at radius 1 is 0.970 bits per heavy atom. The van der Waals surface area contributed by atoms with Gasteiger partial charge >= 0.3 is 5.97 Å². The van der Waals surface area contributed by atoms with E-state index < -0.39 is 40.0 Å². The quantitative estimate of drug-likeness (QED) is 0.189. The molecule has 0 amide bonds. The number of carboxylic acids is 1. The highest BCUT2D eigenvalue weighted by molar-refractivity contribution is 6.74. The predicted molar refractivity (Wildman–Crippen MR) is 144 cm³/mol. The highest BCUT2D eigenvalue weighted by Crippen LogP contribution is 2.41. The van der Waals surface area contributed by atoms with Gasteiger partial charge in [-0.25, -0.2) is 0 Å². The zero-order chi connectivity index (χ0) is 26.4. The van der Waals surface area contributed by atoms with E-state index in [1.54, 1.807) is 0 Å². The van der Waals surface area contributed by atoms with Crippen molar-refractivity contribution in [2.75, 3.05) is 0 Å². The molecule has 194 valence electrons. The summed E-state index contributed by atoms with van der Waals surface area (Å²) < 4.78 is 13.4. The minimum Gasteiger partial charge on any atom is -0.481 e. The number of hydrogen-bond donors (Lipinski definition) is 1. The molecule has 0 saturated heterocycles. The number of carboxylic acid groups (broad SMARTS) is 1. The fourth-order valence-electron chi connectivity index (χ4n) is 4.11. The van der Waals surface area contributed by atoms with E-state index >= 15 is 0 Å². The molecule has 0 aromatic heterocycles. The summed E-state index contributed by atoms with van der Waals surface area (Å²) >= 11 is 0. The third kappa shape index (κ3) is 8.15. The first-order valence-corrected chi connectivity index (χ1v) is 18.0. The van der Waals surface area contributed by atoms with Crippen molar-refractivity contribution in [1.82, 2.24) is 0 Å². The first-order chi connectivity index (χ1) is 14.9. The lowest BCUT2D eigenvalue weighted by Crippen LogP contribution is -2.53. The molecule has 7 heteroatoms. The van der Waals surface area contributed by atoms with Crippen LogP contribution in [0.2, 0.25) is 36.3 Å². The number of ketones is 1. The molecule has 0 aliphatic heterocycles. The number of carbonyl (C=O) groups is 2. The SMILES string of the molecule is C=C[C@H](C)[C@H](O[Si](C)(C)C(C)(C)C)C(C)C(=O)C(C)(C)[C@H](CC(=O)O)O[Si](CC)(CC)CC. The van der Waals surface area contributed by atoms with Gasteiger partial charge in [0, 0.05) is 11.3 Å². The van der Waals surface area contributed by atoms with E-state index in [-0.39, 0.29) is 29.3 Å². The molecule has 0 saturated carbocycles. The summed E-state index contributed by atoms with van der Waals surface area (Å²) in [5, 5.41) is 9.66. The normalized spacial score (nSPS) is 17.2. The highest BCUT2D eigenvalue weighted by Gasteiger charge is 2.48. The standard InChI is InChI=1S/C26H52O5Si2/c1-14-19(5)23(31-32(12,13)25(7,8)9)20(6)24(29)26(10,11)21(18-22(27)28)30-33(15-2,16-3)17-4/h14,19-21,23H,1,15-18H2,2-13H3,(H,27,28)/t19-,20?,21-,23-/m0/s1. The Morgan fingerprint density at radius 3 is 1.76 bits per heavy atom. The minimum atomic E-state index is -2.14. The van der Waals surface area contributed by atoms with E-state index in [2.05, 4.69) is 61.2 Å². The van der Waals surface area contributed by atoms with Gasteiger partial charge in [0.05, 0.1) is 18.6 Å². The molecule has 0 aromatic rings. The van der Waals surface area contributed by atoms with Crippen LogP contribution < -0.4 is 0 Å². The lowest BCUT2D eigenvalue weighted by molar-refractivity contribution is -0.146. The number of Topliss-reactive ketones (excluding diaryl/α,β-unsaturated/α-hetero) is 1. The Morgan fingerprint density at radius 2 is 1.42 bits per heavy atom. The van der Waals surface area contributed by atoms with Crippen LogP contribution in [0.3, 0.4) is 0 Å². The molecule has 0 aliphatic rings. The van der Waals surface area contributed by atoms with Gasteiger partial charge < -0.3 is 14.0 Å². The van der Waals surface area contributed by atoms with Crippen molar-refractivity contribution in [3.8, 4) is 0 Å². The fraction of sp³-hybridized carbons (Fsp3) is 0.846. The molecular formula is C26H52O5Si2. The van der Waals surface area contributed by atoms with Gasteiger partial charge in [0.2, 0.25) is 0 Å². The second kappa shape index (κ2) is 12.3. The summed E-state index contributed by atoms with van der Waals surface area (Å²) in [5.41, 5.74) is -0.953. The Balaban J connectivity index is 6.22. The molecule has 0 spiro atoms. The fourth-order valence-corrected chi connectivity index (χ4v) is 8.55. The van der Waals surface area contributed by atoms with Crippen molar-refractivity contribution in [2.24, 2.45) is 17.3 Å². The van der Waals surface area contributed by atoms with Crippen LogP contribution in [0.25, 0.3) is 0 Å². The lowest BCUT2D eigenvalue weighted by atomic mass is 9.73. The average Bonchev–Trinajstić information content (AvgIpc) is 2.72. The summed E-state index contributed by atoms with van der Waals surface area (Å²) in [6.07, 6.45) is 0.698. The lowest BCUT2D eigenvalue weighted by Gasteiger charge is -2.45. The number of rotatable bonds is 15. The van der Waals surface area contributed by atoms with E-state index in [4.69, 9.17) is 8.85 Å². The van der Waals surface area contributed by atoms with Crippen LogP contribution in [-0.2, 0) is 18.4 Å². The first-order valence-electron chi connectivity index (χ1n) is 12.6. The summed E-state index contributed by atoms with van der Waals surface area (Å²) in [6.45, 7) is 28.9. The second-order valence-electron chi connectivity index (χ2n) is 11.8. The summed E-state index contributed by atoms with van der Waals surface area (Å²) in [5.74, 6) is -1.36. The maximum atomic E-state index is 14.0. The summed E-state index contributed by atoms with van der Waals surface area (Å²) in [4.78, 5) is 25.8. The molecule has 0 aromatic carbocycles. The monoisotopic (exact) mass is 500 g/mol. The van der Waals surface area contributed by atoms with Gasteiger partial charge in [-0.2, -0.15) is 0 Å². The molecule has 0 rings (SSSR count). The highest BCUT2D eigenvalue weighted by atomic mass is 28.4. The Hall–Kier alpha value is -0.766. The van der Waals surface area contributed by atoms with Crippen molar-refractivity contribution in [2.45, 2.75) is 124 Å². The summed E-state index contributed by atoms with van der Waals surface area (Å²) in [6, 6.07) is 2.71. The van der Waals surface area contributed by atoms with Gasteiger partial charge in [-0.1, -0.05) is 75.3 Å². The average molecular weight is 501 g/mol. The Bertz CT molecular complexity index is 654. The largest absolute Gasteiger partial charge is 0.481 e. The van der Waals surface area contributed by atoms with Crippen LogP contribution in [0.1, 0.15) is 75.7 Å². The molecule has 1 N–H and O–H groups in total. The van der Waals surface area contributed by atoms with Gasteiger partial charge in [0.1, 0.15) is 5.78 Å².